The van der Waals surface area contributed by atoms with Gasteiger partial charge in [-0.3, -0.25) is 9.88 Å². The standard InChI is InChI=1S/C16H24N4O.2C2HF3O2/c1-18(2)16(21)20-11-14-6-15(12-20)10-19(9-14)8-13-4-3-5-17-7-13;2*3-2(4,5)1(6)7/h3-5,7,14-15H,6,8-12H2,1-2H3;2*(H,6,7). The number of halogens is 6. The predicted molar refractivity (Wildman–Crippen MR) is 109 cm³/mol. The van der Waals surface area contributed by atoms with E-state index in [9.17, 15) is 31.1 Å². The Kier molecular flexibility index (Phi) is 10.7. The molecule has 0 spiro atoms. The average Bonchev–Trinajstić information content (AvgIpc) is 2.72. The maximum Gasteiger partial charge on any atom is 0.490 e. The zero-order chi connectivity index (χ0) is 27.0. The molecule has 2 bridgehead atoms. The monoisotopic (exact) mass is 516 g/mol. The summed E-state index contributed by atoms with van der Waals surface area (Å²) in [5.41, 5.74) is 1.28. The van der Waals surface area contributed by atoms with E-state index in [1.165, 1.54) is 12.0 Å². The third kappa shape index (κ3) is 10.8. The zero-order valence-electron chi connectivity index (χ0n) is 18.9. The van der Waals surface area contributed by atoms with Crippen molar-refractivity contribution in [1.82, 2.24) is 19.7 Å². The number of likely N-dealkylation sites (tertiary alicyclic amines) is 2. The van der Waals surface area contributed by atoms with Gasteiger partial charge in [0.15, 0.2) is 0 Å². The molecule has 198 valence electrons. The Morgan fingerprint density at radius 3 is 1.77 bits per heavy atom. The van der Waals surface area contributed by atoms with Crippen LogP contribution in [-0.4, -0.2) is 100 Å². The van der Waals surface area contributed by atoms with Crippen molar-refractivity contribution in [2.75, 3.05) is 40.3 Å². The summed E-state index contributed by atoms with van der Waals surface area (Å²) in [7, 11) is 3.67. The lowest BCUT2D eigenvalue weighted by Gasteiger charge is -2.46. The van der Waals surface area contributed by atoms with E-state index in [-0.39, 0.29) is 6.03 Å². The number of aromatic nitrogens is 1. The molecular weight excluding hydrogens is 490 g/mol. The van der Waals surface area contributed by atoms with Crippen LogP contribution in [0.25, 0.3) is 0 Å². The van der Waals surface area contributed by atoms with Gasteiger partial charge in [0, 0.05) is 59.2 Å². The highest BCUT2D eigenvalue weighted by molar-refractivity contribution is 5.74. The summed E-state index contributed by atoms with van der Waals surface area (Å²) in [4.78, 5) is 40.4. The number of pyridine rings is 1. The highest BCUT2D eigenvalue weighted by Crippen LogP contribution is 2.29. The van der Waals surface area contributed by atoms with Crippen molar-refractivity contribution in [3.05, 3.63) is 30.1 Å². The molecule has 0 saturated carbocycles. The van der Waals surface area contributed by atoms with E-state index < -0.39 is 24.3 Å². The summed E-state index contributed by atoms with van der Waals surface area (Å²) >= 11 is 0. The van der Waals surface area contributed by atoms with Gasteiger partial charge in [-0.05, 0) is 29.9 Å². The Balaban J connectivity index is 0.000000362. The van der Waals surface area contributed by atoms with Gasteiger partial charge in [0.1, 0.15) is 0 Å². The Hall–Kier alpha value is -3.10. The second kappa shape index (κ2) is 12.6. The van der Waals surface area contributed by atoms with Crippen molar-refractivity contribution in [1.29, 1.82) is 0 Å². The van der Waals surface area contributed by atoms with Gasteiger partial charge in [-0.15, -0.1) is 0 Å². The van der Waals surface area contributed by atoms with E-state index in [0.29, 0.717) is 11.8 Å². The fourth-order valence-corrected chi connectivity index (χ4v) is 3.71. The van der Waals surface area contributed by atoms with Crippen LogP contribution in [0, 0.1) is 11.8 Å². The lowest BCUT2D eigenvalue weighted by Crippen LogP contribution is -2.55. The van der Waals surface area contributed by atoms with Gasteiger partial charge in [0.25, 0.3) is 0 Å². The largest absolute Gasteiger partial charge is 0.490 e. The zero-order valence-corrected chi connectivity index (χ0v) is 18.9. The first-order valence-corrected chi connectivity index (χ1v) is 10.2. The van der Waals surface area contributed by atoms with Crippen molar-refractivity contribution in [3.8, 4) is 0 Å². The van der Waals surface area contributed by atoms with Crippen LogP contribution in [0.1, 0.15) is 12.0 Å². The van der Waals surface area contributed by atoms with Gasteiger partial charge < -0.3 is 20.0 Å². The molecule has 3 heterocycles. The van der Waals surface area contributed by atoms with Crippen LogP contribution in [0.2, 0.25) is 0 Å². The molecule has 35 heavy (non-hydrogen) atoms. The minimum atomic E-state index is -5.08. The van der Waals surface area contributed by atoms with E-state index >= 15 is 0 Å². The number of carbonyl (C=O) groups excluding carboxylic acids is 1. The van der Waals surface area contributed by atoms with E-state index in [1.807, 2.05) is 37.5 Å². The molecule has 0 radical (unpaired) electrons. The quantitative estimate of drug-likeness (QED) is 0.581. The highest BCUT2D eigenvalue weighted by Gasteiger charge is 2.39. The van der Waals surface area contributed by atoms with Gasteiger partial charge in [-0.2, -0.15) is 26.3 Å². The summed E-state index contributed by atoms with van der Waals surface area (Å²) in [5.74, 6) is -4.30. The van der Waals surface area contributed by atoms with Crippen molar-refractivity contribution in [3.63, 3.8) is 0 Å². The molecule has 2 N–H and O–H groups in total. The Bertz CT molecular complexity index is 813. The Labute approximate surface area is 196 Å². The SMILES string of the molecule is CN(C)C(=O)N1CC2CC(CN(Cc3cccnc3)C2)C1.O=C(O)C(F)(F)F.O=C(O)C(F)(F)F. The molecule has 2 aliphatic rings. The van der Waals surface area contributed by atoms with Crippen LogP contribution in [0.5, 0.6) is 0 Å². The molecule has 2 atom stereocenters. The van der Waals surface area contributed by atoms with Crippen molar-refractivity contribution in [2.45, 2.75) is 25.3 Å². The third-order valence-corrected chi connectivity index (χ3v) is 4.92. The number of urea groups is 1. The van der Waals surface area contributed by atoms with Gasteiger partial charge in [-0.1, -0.05) is 6.07 Å². The Morgan fingerprint density at radius 1 is 0.971 bits per heavy atom. The van der Waals surface area contributed by atoms with E-state index in [4.69, 9.17) is 19.8 Å². The normalized spacial score (nSPS) is 19.9. The summed E-state index contributed by atoms with van der Waals surface area (Å²) in [5, 5.41) is 14.2. The molecule has 1 aromatic heterocycles. The third-order valence-electron chi connectivity index (χ3n) is 4.92. The van der Waals surface area contributed by atoms with Gasteiger partial charge >= 0.3 is 30.3 Å². The van der Waals surface area contributed by atoms with E-state index in [1.54, 1.807) is 4.90 Å². The second-order valence-electron chi connectivity index (χ2n) is 8.21. The lowest BCUT2D eigenvalue weighted by molar-refractivity contribution is -0.193. The molecule has 3 rings (SSSR count). The van der Waals surface area contributed by atoms with Crippen LogP contribution in [0.15, 0.2) is 24.5 Å². The van der Waals surface area contributed by atoms with Crippen LogP contribution in [-0.2, 0) is 16.1 Å². The van der Waals surface area contributed by atoms with Crippen molar-refractivity contribution in [2.24, 2.45) is 11.8 Å². The number of nitrogens with zero attached hydrogens (tertiary/aromatic N) is 4. The number of alkyl halides is 6. The minimum absolute atomic E-state index is 0.158. The molecule has 2 unspecified atom stereocenters. The molecule has 2 amide bonds. The maximum absolute atomic E-state index is 12.1. The molecule has 2 aliphatic heterocycles. The van der Waals surface area contributed by atoms with Gasteiger partial charge in [0.05, 0.1) is 0 Å². The number of hydrogen-bond donors (Lipinski definition) is 2. The smallest absolute Gasteiger partial charge is 0.475 e. The first kappa shape index (κ1) is 29.9. The van der Waals surface area contributed by atoms with Crippen LogP contribution in [0.3, 0.4) is 0 Å². The summed E-state index contributed by atoms with van der Waals surface area (Å²) < 4.78 is 63.5. The molecular formula is C20H26F6N4O5. The van der Waals surface area contributed by atoms with E-state index in [2.05, 4.69) is 16.0 Å². The average molecular weight is 516 g/mol. The predicted octanol–water partition coefficient (Wildman–Crippen LogP) is 2.78. The Morgan fingerprint density at radius 2 is 1.43 bits per heavy atom. The van der Waals surface area contributed by atoms with E-state index in [0.717, 1.165) is 32.7 Å². The second-order valence-corrected chi connectivity index (χ2v) is 8.21. The number of amides is 2. The maximum atomic E-state index is 12.1. The molecule has 1 aromatic rings. The number of carboxylic acid groups (broad SMARTS) is 2. The summed E-state index contributed by atoms with van der Waals surface area (Å²) in [6, 6.07) is 4.29. The topological polar surface area (TPSA) is 114 Å². The minimum Gasteiger partial charge on any atom is -0.475 e. The molecule has 2 fully saturated rings. The molecule has 0 aliphatic carbocycles. The number of rotatable bonds is 2. The number of fused-ring (bicyclic) bond motifs is 2. The number of aliphatic carboxylic acids is 2. The molecule has 15 heteroatoms. The van der Waals surface area contributed by atoms with Gasteiger partial charge in [-0.25, -0.2) is 14.4 Å². The van der Waals surface area contributed by atoms with Gasteiger partial charge in [0.2, 0.25) is 0 Å². The van der Waals surface area contributed by atoms with Crippen LogP contribution >= 0.6 is 0 Å². The fourth-order valence-electron chi connectivity index (χ4n) is 3.71. The van der Waals surface area contributed by atoms with Crippen LogP contribution in [0.4, 0.5) is 31.1 Å². The number of piperidine rings is 2. The first-order valence-electron chi connectivity index (χ1n) is 10.2. The van der Waals surface area contributed by atoms with Crippen LogP contribution < -0.4 is 0 Å². The van der Waals surface area contributed by atoms with Crippen molar-refractivity contribution < 1.29 is 50.9 Å². The summed E-state index contributed by atoms with van der Waals surface area (Å²) in [6.45, 7) is 4.95. The first-order chi connectivity index (χ1) is 16.0. The lowest BCUT2D eigenvalue weighted by atomic mass is 9.84. The number of carbonyl (C=O) groups is 3. The molecule has 9 nitrogen and oxygen atoms in total. The molecule has 2 saturated heterocycles. The van der Waals surface area contributed by atoms with Crippen molar-refractivity contribution >= 4 is 18.0 Å². The fraction of sp³-hybridized carbons (Fsp3) is 0.600. The number of hydrogen-bond acceptors (Lipinski definition) is 5. The highest BCUT2D eigenvalue weighted by atomic mass is 19.4. The molecule has 0 aromatic carbocycles. The summed E-state index contributed by atoms with van der Waals surface area (Å²) in [6.07, 6.45) is -5.13. The number of carboxylic acids is 2.